The third-order valence-electron chi connectivity index (χ3n) is 5.36. The van der Waals surface area contributed by atoms with Crippen molar-refractivity contribution in [3.63, 3.8) is 0 Å². The first-order valence-corrected chi connectivity index (χ1v) is 11.8. The average molecular weight is 437 g/mol. The Labute approximate surface area is 177 Å². The molecule has 1 aliphatic heterocycles. The van der Waals surface area contributed by atoms with Crippen LogP contribution in [0.3, 0.4) is 0 Å². The molecule has 0 radical (unpaired) electrons. The number of sulfonamides is 1. The Hall–Kier alpha value is -2.46. The fourth-order valence-electron chi connectivity index (χ4n) is 3.47. The van der Waals surface area contributed by atoms with Crippen molar-refractivity contribution in [2.45, 2.75) is 38.1 Å². The number of nitrogens with zero attached hydrogens (tertiary/aromatic N) is 4. The van der Waals surface area contributed by atoms with Crippen LogP contribution >= 0.6 is 0 Å². The van der Waals surface area contributed by atoms with E-state index in [1.807, 2.05) is 24.3 Å². The lowest BCUT2D eigenvalue weighted by Crippen LogP contribution is -2.37. The fourth-order valence-corrected chi connectivity index (χ4v) is 4.34. The molecule has 164 valence electrons. The van der Waals surface area contributed by atoms with Crippen LogP contribution in [-0.4, -0.2) is 67.2 Å². The number of carbonyl (C=O) groups is 1. The molecule has 0 N–H and O–H groups in total. The monoisotopic (exact) mass is 436 g/mol. The first-order chi connectivity index (χ1) is 14.3. The SMILES string of the molecule is COc1ccc(CCC(=O)N(C)Cc2nc(C3CCN(S(C)(=O)=O)CC3)no2)cc1. The van der Waals surface area contributed by atoms with E-state index in [9.17, 15) is 13.2 Å². The van der Waals surface area contributed by atoms with Gasteiger partial charge in [0.15, 0.2) is 5.82 Å². The lowest BCUT2D eigenvalue weighted by Gasteiger charge is -2.28. The van der Waals surface area contributed by atoms with Gasteiger partial charge in [-0.1, -0.05) is 17.3 Å². The van der Waals surface area contributed by atoms with Gasteiger partial charge in [0.05, 0.1) is 19.9 Å². The number of benzene rings is 1. The molecule has 0 spiro atoms. The molecule has 10 heteroatoms. The van der Waals surface area contributed by atoms with Gasteiger partial charge < -0.3 is 14.2 Å². The molecular weight excluding hydrogens is 408 g/mol. The highest BCUT2D eigenvalue weighted by Crippen LogP contribution is 2.27. The first kappa shape index (κ1) is 22.2. The van der Waals surface area contributed by atoms with Crippen molar-refractivity contribution in [1.29, 1.82) is 0 Å². The highest BCUT2D eigenvalue weighted by Gasteiger charge is 2.28. The predicted molar refractivity (Wildman–Crippen MR) is 110 cm³/mol. The van der Waals surface area contributed by atoms with Gasteiger partial charge in [0.1, 0.15) is 5.75 Å². The Morgan fingerprint density at radius 1 is 1.27 bits per heavy atom. The van der Waals surface area contributed by atoms with Crippen LogP contribution in [0.5, 0.6) is 5.75 Å². The molecule has 3 rings (SSSR count). The van der Waals surface area contributed by atoms with Gasteiger partial charge in [0, 0.05) is 32.5 Å². The molecule has 1 saturated heterocycles. The maximum Gasteiger partial charge on any atom is 0.246 e. The first-order valence-electron chi connectivity index (χ1n) is 9.90. The molecular formula is C20H28N4O5S. The molecule has 2 aromatic rings. The van der Waals surface area contributed by atoms with E-state index in [-0.39, 0.29) is 18.4 Å². The quantitative estimate of drug-likeness (QED) is 0.621. The van der Waals surface area contributed by atoms with Gasteiger partial charge in [-0.05, 0) is 37.0 Å². The summed E-state index contributed by atoms with van der Waals surface area (Å²) in [5, 5.41) is 4.05. The molecule has 0 saturated carbocycles. The summed E-state index contributed by atoms with van der Waals surface area (Å²) in [6.45, 7) is 1.16. The van der Waals surface area contributed by atoms with E-state index in [1.165, 1.54) is 10.6 Å². The molecule has 0 bridgehead atoms. The molecule has 1 aliphatic rings. The number of hydrogen-bond acceptors (Lipinski definition) is 7. The fraction of sp³-hybridized carbons (Fsp3) is 0.550. The summed E-state index contributed by atoms with van der Waals surface area (Å²) in [5.74, 6) is 1.81. The molecule has 30 heavy (non-hydrogen) atoms. The Balaban J connectivity index is 1.48. The van der Waals surface area contributed by atoms with Gasteiger partial charge in [0.25, 0.3) is 0 Å². The zero-order valence-electron chi connectivity index (χ0n) is 17.6. The van der Waals surface area contributed by atoms with E-state index < -0.39 is 10.0 Å². The Morgan fingerprint density at radius 3 is 2.53 bits per heavy atom. The summed E-state index contributed by atoms with van der Waals surface area (Å²) in [5.41, 5.74) is 1.07. The van der Waals surface area contributed by atoms with Crippen LogP contribution in [0, 0.1) is 0 Å². The number of ether oxygens (including phenoxy) is 1. The molecule has 2 heterocycles. The number of carbonyl (C=O) groups excluding carboxylic acids is 1. The maximum atomic E-state index is 12.4. The Bertz CT molecular complexity index is 950. The Kier molecular flexibility index (Phi) is 7.09. The van der Waals surface area contributed by atoms with Crippen molar-refractivity contribution in [3.05, 3.63) is 41.5 Å². The van der Waals surface area contributed by atoms with Gasteiger partial charge in [0.2, 0.25) is 21.8 Å². The average Bonchev–Trinajstić information content (AvgIpc) is 3.20. The zero-order chi connectivity index (χ0) is 21.7. The lowest BCUT2D eigenvalue weighted by molar-refractivity contribution is -0.130. The number of hydrogen-bond donors (Lipinski definition) is 0. The van der Waals surface area contributed by atoms with Crippen molar-refractivity contribution < 1.29 is 22.5 Å². The molecule has 0 atom stereocenters. The molecule has 1 aromatic heterocycles. The van der Waals surface area contributed by atoms with Gasteiger partial charge in [-0.2, -0.15) is 4.98 Å². The number of aryl methyl sites for hydroxylation is 1. The molecule has 0 unspecified atom stereocenters. The van der Waals surface area contributed by atoms with E-state index in [0.29, 0.717) is 50.5 Å². The highest BCUT2D eigenvalue weighted by molar-refractivity contribution is 7.88. The van der Waals surface area contributed by atoms with E-state index in [0.717, 1.165) is 11.3 Å². The number of amides is 1. The van der Waals surface area contributed by atoms with Crippen molar-refractivity contribution in [1.82, 2.24) is 19.3 Å². The smallest absolute Gasteiger partial charge is 0.246 e. The summed E-state index contributed by atoms with van der Waals surface area (Å²) in [6, 6.07) is 7.66. The van der Waals surface area contributed by atoms with E-state index in [1.54, 1.807) is 19.1 Å². The lowest BCUT2D eigenvalue weighted by atomic mass is 9.98. The largest absolute Gasteiger partial charge is 0.497 e. The minimum absolute atomic E-state index is 0.00738. The number of piperidine rings is 1. The summed E-state index contributed by atoms with van der Waals surface area (Å²) < 4.78 is 35.2. The second-order valence-corrected chi connectivity index (χ2v) is 9.56. The predicted octanol–water partition coefficient (Wildman–Crippen LogP) is 1.81. The summed E-state index contributed by atoms with van der Waals surface area (Å²) >= 11 is 0. The van der Waals surface area contributed by atoms with Crippen molar-refractivity contribution in [2.24, 2.45) is 0 Å². The second-order valence-electron chi connectivity index (χ2n) is 7.58. The minimum atomic E-state index is -3.16. The second kappa shape index (κ2) is 9.57. The van der Waals surface area contributed by atoms with Crippen LogP contribution in [-0.2, 0) is 27.8 Å². The van der Waals surface area contributed by atoms with Crippen LogP contribution in [0.4, 0.5) is 0 Å². The summed E-state index contributed by atoms with van der Waals surface area (Å²) in [7, 11) is 0.171. The summed E-state index contributed by atoms with van der Waals surface area (Å²) in [4.78, 5) is 18.4. The van der Waals surface area contributed by atoms with Gasteiger partial charge in [-0.3, -0.25) is 4.79 Å². The number of methoxy groups -OCH3 is 1. The maximum absolute atomic E-state index is 12.4. The van der Waals surface area contributed by atoms with Crippen LogP contribution < -0.4 is 4.74 Å². The minimum Gasteiger partial charge on any atom is -0.497 e. The van der Waals surface area contributed by atoms with Crippen LogP contribution in [0.1, 0.15) is 42.5 Å². The molecule has 0 aliphatic carbocycles. The molecule has 1 amide bonds. The van der Waals surface area contributed by atoms with Crippen molar-refractivity contribution in [3.8, 4) is 5.75 Å². The van der Waals surface area contributed by atoms with Crippen molar-refractivity contribution in [2.75, 3.05) is 33.5 Å². The van der Waals surface area contributed by atoms with Crippen molar-refractivity contribution >= 4 is 15.9 Å². The molecule has 1 aromatic carbocycles. The highest BCUT2D eigenvalue weighted by atomic mass is 32.2. The zero-order valence-corrected chi connectivity index (χ0v) is 18.4. The van der Waals surface area contributed by atoms with Gasteiger partial charge in [-0.15, -0.1) is 0 Å². The van der Waals surface area contributed by atoms with E-state index >= 15 is 0 Å². The number of aromatic nitrogens is 2. The van der Waals surface area contributed by atoms with E-state index in [4.69, 9.17) is 9.26 Å². The molecule has 9 nitrogen and oxygen atoms in total. The van der Waals surface area contributed by atoms with Gasteiger partial charge in [-0.25, -0.2) is 12.7 Å². The third-order valence-corrected chi connectivity index (χ3v) is 6.66. The Morgan fingerprint density at radius 2 is 1.93 bits per heavy atom. The van der Waals surface area contributed by atoms with Crippen LogP contribution in [0.15, 0.2) is 28.8 Å². The van der Waals surface area contributed by atoms with Crippen LogP contribution in [0.2, 0.25) is 0 Å². The summed E-state index contributed by atoms with van der Waals surface area (Å²) in [6.07, 6.45) is 3.56. The third kappa shape index (κ3) is 5.79. The molecule has 1 fully saturated rings. The topological polar surface area (TPSA) is 106 Å². The number of rotatable bonds is 8. The standard InChI is InChI=1S/C20H28N4O5S/c1-23(19(25)9-6-15-4-7-17(28-2)8-5-15)14-18-21-20(22-29-18)16-10-12-24(13-11-16)30(3,26)27/h4-5,7-8,16H,6,9-14H2,1-3H3. The normalized spacial score (nSPS) is 15.8. The van der Waals surface area contributed by atoms with Crippen LogP contribution in [0.25, 0.3) is 0 Å². The van der Waals surface area contributed by atoms with Gasteiger partial charge >= 0.3 is 0 Å². The van der Waals surface area contributed by atoms with E-state index in [2.05, 4.69) is 10.1 Å².